The molecule has 17 heavy (non-hydrogen) atoms. The average molecular weight is 314 g/mol. The van der Waals surface area contributed by atoms with E-state index in [1.54, 1.807) is 12.1 Å². The lowest BCUT2D eigenvalue weighted by Gasteiger charge is -1.98. The van der Waals surface area contributed by atoms with Crippen LogP contribution in [0.1, 0.15) is 5.56 Å². The highest BCUT2D eigenvalue weighted by atomic mass is 35.5. The van der Waals surface area contributed by atoms with Crippen LogP contribution in [0.25, 0.3) is 0 Å². The lowest BCUT2D eigenvalue weighted by molar-refractivity contribution is 0.627. The third-order valence-corrected chi connectivity index (χ3v) is 3.47. The molecule has 0 bridgehead atoms. The van der Waals surface area contributed by atoms with Gasteiger partial charge in [-0.3, -0.25) is 0 Å². The van der Waals surface area contributed by atoms with Crippen molar-refractivity contribution in [3.8, 4) is 0 Å². The van der Waals surface area contributed by atoms with E-state index in [0.717, 1.165) is 5.56 Å². The van der Waals surface area contributed by atoms with E-state index in [-0.39, 0.29) is 23.4 Å². The summed E-state index contributed by atoms with van der Waals surface area (Å²) in [6, 6.07) is 6.32. The molecule has 0 amide bonds. The van der Waals surface area contributed by atoms with Gasteiger partial charge in [0.1, 0.15) is 11.0 Å². The number of halogens is 4. The van der Waals surface area contributed by atoms with Crippen molar-refractivity contribution in [3.63, 3.8) is 0 Å². The first kappa shape index (κ1) is 14.6. The molecule has 2 rings (SSSR count). The van der Waals surface area contributed by atoms with Gasteiger partial charge in [-0.05, 0) is 17.7 Å². The van der Waals surface area contributed by atoms with E-state index in [0.29, 0.717) is 16.1 Å². The second kappa shape index (κ2) is 6.50. The van der Waals surface area contributed by atoms with Crippen molar-refractivity contribution in [1.82, 2.24) is 9.97 Å². The fraction of sp³-hybridized carbons (Fsp3) is 0.100. The molecule has 0 saturated heterocycles. The third-order valence-electron chi connectivity index (χ3n) is 1.89. The van der Waals surface area contributed by atoms with E-state index >= 15 is 0 Å². The van der Waals surface area contributed by atoms with Gasteiger partial charge in [-0.25, -0.2) is 9.37 Å². The van der Waals surface area contributed by atoms with Gasteiger partial charge in [0.2, 0.25) is 0 Å². The SMILES string of the molecule is Cl.Fc1ccc(CSc2nc(Cl)c(Cl)[nH]2)cc1. The molecule has 0 unspecified atom stereocenters. The highest BCUT2D eigenvalue weighted by Gasteiger charge is 2.06. The zero-order chi connectivity index (χ0) is 11.5. The van der Waals surface area contributed by atoms with Gasteiger partial charge in [0.25, 0.3) is 0 Å². The average Bonchev–Trinajstić information content (AvgIpc) is 2.58. The minimum Gasteiger partial charge on any atom is -0.323 e. The Morgan fingerprint density at radius 1 is 1.24 bits per heavy atom. The topological polar surface area (TPSA) is 28.7 Å². The molecule has 92 valence electrons. The van der Waals surface area contributed by atoms with Crippen LogP contribution < -0.4 is 0 Å². The predicted molar refractivity (Wildman–Crippen MR) is 71.8 cm³/mol. The van der Waals surface area contributed by atoms with Crippen LogP contribution in [-0.2, 0) is 5.75 Å². The van der Waals surface area contributed by atoms with Crippen molar-refractivity contribution in [2.45, 2.75) is 10.9 Å². The quantitative estimate of drug-likeness (QED) is 0.841. The molecule has 0 aliphatic carbocycles. The summed E-state index contributed by atoms with van der Waals surface area (Å²) >= 11 is 12.9. The van der Waals surface area contributed by atoms with Crippen molar-refractivity contribution in [2.75, 3.05) is 0 Å². The van der Waals surface area contributed by atoms with E-state index in [4.69, 9.17) is 23.2 Å². The predicted octanol–water partition coefficient (Wildman–Crippen LogP) is 4.57. The van der Waals surface area contributed by atoms with E-state index < -0.39 is 0 Å². The molecule has 0 fully saturated rings. The molecule has 0 radical (unpaired) electrons. The highest BCUT2D eigenvalue weighted by Crippen LogP contribution is 2.26. The van der Waals surface area contributed by atoms with Gasteiger partial charge in [0.05, 0.1) is 0 Å². The van der Waals surface area contributed by atoms with Crippen LogP contribution in [0.4, 0.5) is 4.39 Å². The minimum atomic E-state index is -0.238. The van der Waals surface area contributed by atoms with Crippen LogP contribution in [-0.4, -0.2) is 9.97 Å². The number of hydrogen-bond donors (Lipinski definition) is 1. The fourth-order valence-corrected chi connectivity index (χ4v) is 2.31. The largest absolute Gasteiger partial charge is 0.323 e. The number of nitrogens with zero attached hydrogens (tertiary/aromatic N) is 1. The Labute approximate surface area is 118 Å². The molecule has 2 nitrogen and oxygen atoms in total. The fourth-order valence-electron chi connectivity index (χ4n) is 1.11. The molecule has 1 heterocycles. The van der Waals surface area contributed by atoms with Gasteiger partial charge in [-0.15, -0.1) is 12.4 Å². The third kappa shape index (κ3) is 4.07. The summed E-state index contributed by atoms with van der Waals surface area (Å²) in [5.74, 6) is 0.443. The van der Waals surface area contributed by atoms with Gasteiger partial charge in [-0.1, -0.05) is 47.1 Å². The molecule has 0 spiro atoms. The van der Waals surface area contributed by atoms with Crippen LogP contribution in [0, 0.1) is 5.82 Å². The zero-order valence-electron chi connectivity index (χ0n) is 8.41. The summed E-state index contributed by atoms with van der Waals surface area (Å²) in [7, 11) is 0. The van der Waals surface area contributed by atoms with E-state index in [1.807, 2.05) is 0 Å². The molecule has 7 heteroatoms. The first-order valence-corrected chi connectivity index (χ1v) is 6.17. The van der Waals surface area contributed by atoms with Crippen LogP contribution >= 0.6 is 47.4 Å². The summed E-state index contributed by atoms with van der Waals surface area (Å²) in [5, 5.41) is 1.26. The standard InChI is InChI=1S/C10H7Cl2FN2S.ClH/c11-8-9(12)15-10(14-8)16-5-6-1-3-7(13)4-2-6;/h1-4H,5H2,(H,14,15);1H. The Balaban J connectivity index is 0.00000144. The number of imidazole rings is 1. The van der Waals surface area contributed by atoms with Crippen LogP contribution in [0.15, 0.2) is 29.4 Å². The summed E-state index contributed by atoms with van der Waals surface area (Å²) in [6.07, 6.45) is 0. The molecule has 0 aliphatic heterocycles. The molecular formula is C10H8Cl3FN2S. The number of thioether (sulfide) groups is 1. The zero-order valence-corrected chi connectivity index (χ0v) is 11.6. The van der Waals surface area contributed by atoms with Crippen molar-refractivity contribution < 1.29 is 4.39 Å². The number of aromatic amines is 1. The molecule has 1 N–H and O–H groups in total. The monoisotopic (exact) mass is 312 g/mol. The Hall–Kier alpha value is -0.420. The lowest BCUT2D eigenvalue weighted by atomic mass is 10.2. The molecule has 0 atom stereocenters. The van der Waals surface area contributed by atoms with Gasteiger partial charge in [-0.2, -0.15) is 0 Å². The Kier molecular flexibility index (Phi) is 5.59. The highest BCUT2D eigenvalue weighted by molar-refractivity contribution is 7.98. The second-order valence-electron chi connectivity index (χ2n) is 3.06. The van der Waals surface area contributed by atoms with Crippen molar-refractivity contribution >= 4 is 47.4 Å². The lowest BCUT2D eigenvalue weighted by Crippen LogP contribution is -1.82. The number of rotatable bonds is 3. The molecule has 1 aromatic carbocycles. The van der Waals surface area contributed by atoms with Gasteiger partial charge in [0.15, 0.2) is 10.3 Å². The summed E-state index contributed by atoms with van der Waals surface area (Å²) in [5.41, 5.74) is 1.01. The summed E-state index contributed by atoms with van der Waals surface area (Å²) < 4.78 is 12.6. The Morgan fingerprint density at radius 2 is 1.88 bits per heavy atom. The summed E-state index contributed by atoms with van der Waals surface area (Å²) in [4.78, 5) is 6.85. The maximum Gasteiger partial charge on any atom is 0.168 e. The number of benzene rings is 1. The molecule has 0 saturated carbocycles. The maximum absolute atomic E-state index is 12.6. The van der Waals surface area contributed by atoms with E-state index in [1.165, 1.54) is 23.9 Å². The second-order valence-corrected chi connectivity index (χ2v) is 4.76. The molecule has 1 aromatic heterocycles. The Morgan fingerprint density at radius 3 is 2.41 bits per heavy atom. The van der Waals surface area contributed by atoms with E-state index in [9.17, 15) is 4.39 Å². The first-order valence-electron chi connectivity index (χ1n) is 4.43. The minimum absolute atomic E-state index is 0. The van der Waals surface area contributed by atoms with E-state index in [2.05, 4.69) is 9.97 Å². The van der Waals surface area contributed by atoms with Crippen molar-refractivity contribution in [1.29, 1.82) is 0 Å². The number of aromatic nitrogens is 2. The smallest absolute Gasteiger partial charge is 0.168 e. The molecule has 2 aromatic rings. The number of nitrogens with one attached hydrogen (secondary N) is 1. The Bertz CT molecular complexity index is 467. The molecular weight excluding hydrogens is 306 g/mol. The van der Waals surface area contributed by atoms with Crippen molar-refractivity contribution in [3.05, 3.63) is 46.0 Å². The van der Waals surface area contributed by atoms with Gasteiger partial charge >= 0.3 is 0 Å². The van der Waals surface area contributed by atoms with Crippen LogP contribution in [0.5, 0.6) is 0 Å². The number of hydrogen-bond acceptors (Lipinski definition) is 2. The number of H-pyrrole nitrogens is 1. The van der Waals surface area contributed by atoms with Crippen LogP contribution in [0.3, 0.4) is 0 Å². The van der Waals surface area contributed by atoms with Crippen LogP contribution in [0.2, 0.25) is 10.3 Å². The van der Waals surface area contributed by atoms with Gasteiger partial charge < -0.3 is 4.98 Å². The first-order chi connectivity index (χ1) is 7.65. The normalized spacial score (nSPS) is 10.1. The molecule has 0 aliphatic rings. The summed E-state index contributed by atoms with van der Waals surface area (Å²) in [6.45, 7) is 0. The van der Waals surface area contributed by atoms with Crippen molar-refractivity contribution in [2.24, 2.45) is 0 Å². The van der Waals surface area contributed by atoms with Gasteiger partial charge in [0, 0.05) is 5.75 Å². The maximum atomic E-state index is 12.6.